The van der Waals surface area contributed by atoms with Crippen LogP contribution in [-0.4, -0.2) is 67.8 Å². The number of carbonyl (C=O) groups is 1. The van der Waals surface area contributed by atoms with Gasteiger partial charge in [-0.1, -0.05) is 12.5 Å². The number of nitrogens with one attached hydrogen (secondary N) is 2. The number of carbonyl (C=O) groups excluding carboxylic acids is 1. The van der Waals surface area contributed by atoms with Crippen molar-refractivity contribution in [3.63, 3.8) is 0 Å². The lowest BCUT2D eigenvalue weighted by Gasteiger charge is -2.56. The van der Waals surface area contributed by atoms with E-state index in [0.29, 0.717) is 31.0 Å². The van der Waals surface area contributed by atoms with Crippen molar-refractivity contribution in [3.05, 3.63) is 28.3 Å². The highest BCUT2D eigenvalue weighted by Gasteiger charge is 2.47. The highest BCUT2D eigenvalue weighted by atomic mass is 32.2. The quantitative estimate of drug-likeness (QED) is 0.704. The molecule has 2 bridgehead atoms. The second-order valence-corrected chi connectivity index (χ2v) is 13.0. The van der Waals surface area contributed by atoms with Gasteiger partial charge in [-0.3, -0.25) is 4.90 Å². The number of nitrogens with zero attached hydrogens (tertiary/aromatic N) is 2. The minimum Gasteiger partial charge on any atom is -0.307 e. The summed E-state index contributed by atoms with van der Waals surface area (Å²) in [6, 6.07) is 2.93. The van der Waals surface area contributed by atoms with Crippen molar-refractivity contribution in [2.24, 2.45) is 0 Å². The third-order valence-corrected chi connectivity index (χ3v) is 10.6. The van der Waals surface area contributed by atoms with E-state index in [1.165, 1.54) is 28.7 Å². The monoisotopic (exact) mass is 472 g/mol. The number of fused-ring (bicyclic) bond motifs is 4. The Labute approximate surface area is 197 Å². The van der Waals surface area contributed by atoms with Crippen LogP contribution < -0.4 is 10.0 Å². The molecule has 2 aliphatic carbocycles. The molecular formula is C25H36N4O3S. The summed E-state index contributed by atoms with van der Waals surface area (Å²) in [5.74, 6) is 0. The highest BCUT2D eigenvalue weighted by molar-refractivity contribution is 7.90. The van der Waals surface area contributed by atoms with Gasteiger partial charge in [0.05, 0.1) is 5.25 Å². The van der Waals surface area contributed by atoms with Crippen LogP contribution in [-0.2, 0) is 35.7 Å². The van der Waals surface area contributed by atoms with Crippen molar-refractivity contribution in [1.29, 1.82) is 0 Å². The van der Waals surface area contributed by atoms with E-state index < -0.39 is 21.3 Å². The number of amides is 2. The van der Waals surface area contributed by atoms with Crippen LogP contribution in [0.5, 0.6) is 0 Å². The van der Waals surface area contributed by atoms with Crippen molar-refractivity contribution in [1.82, 2.24) is 14.5 Å². The molecular weight excluding hydrogens is 436 g/mol. The summed E-state index contributed by atoms with van der Waals surface area (Å²) in [5, 5.41) is 2.51. The summed E-state index contributed by atoms with van der Waals surface area (Å²) in [6.45, 7) is 2.16. The summed E-state index contributed by atoms with van der Waals surface area (Å²) in [4.78, 5) is 17.9. The normalized spacial score (nSPS) is 29.9. The molecule has 8 heteroatoms. The fraction of sp³-hybridized carbons (Fsp3) is 0.720. The molecule has 6 rings (SSSR count). The SMILES string of the molecule is CN1CC(N2[C@@H]3CCC[C@H]2C[C@@H](S(=O)(=O)NC(=O)Nc2c4c(cc5c2CCC5)CCC4)C3)C1. The molecule has 0 spiro atoms. The first-order valence-electron chi connectivity index (χ1n) is 12.8. The number of benzene rings is 1. The number of hydrogen-bond donors (Lipinski definition) is 2. The zero-order valence-corrected chi connectivity index (χ0v) is 20.4. The van der Waals surface area contributed by atoms with Crippen molar-refractivity contribution < 1.29 is 13.2 Å². The third kappa shape index (κ3) is 3.88. The van der Waals surface area contributed by atoms with E-state index in [-0.39, 0.29) is 0 Å². The summed E-state index contributed by atoms with van der Waals surface area (Å²) in [6.07, 6.45) is 10.8. The minimum atomic E-state index is -3.72. The predicted octanol–water partition coefficient (Wildman–Crippen LogP) is 2.81. The molecule has 1 aromatic rings. The minimum absolute atomic E-state index is 0.321. The number of aryl methyl sites for hydroxylation is 2. The van der Waals surface area contributed by atoms with Gasteiger partial charge in [0.2, 0.25) is 10.0 Å². The number of hydrogen-bond acceptors (Lipinski definition) is 5. The average Bonchev–Trinajstić information content (AvgIpc) is 3.39. The van der Waals surface area contributed by atoms with Crippen LogP contribution in [0.25, 0.3) is 0 Å². The molecule has 2 amide bonds. The van der Waals surface area contributed by atoms with E-state index in [0.717, 1.165) is 70.1 Å². The largest absolute Gasteiger partial charge is 0.332 e. The van der Waals surface area contributed by atoms with Gasteiger partial charge in [0.1, 0.15) is 0 Å². The Morgan fingerprint density at radius 3 is 2.09 bits per heavy atom. The van der Waals surface area contributed by atoms with Gasteiger partial charge >= 0.3 is 6.03 Å². The first-order chi connectivity index (χ1) is 15.9. The van der Waals surface area contributed by atoms with Crippen LogP contribution in [0.1, 0.15) is 67.2 Å². The Morgan fingerprint density at radius 1 is 0.909 bits per heavy atom. The van der Waals surface area contributed by atoms with E-state index >= 15 is 0 Å². The predicted molar refractivity (Wildman–Crippen MR) is 129 cm³/mol. The van der Waals surface area contributed by atoms with Crippen LogP contribution >= 0.6 is 0 Å². The molecule has 7 nitrogen and oxygen atoms in total. The number of anilines is 1. The van der Waals surface area contributed by atoms with E-state index in [1.807, 2.05) is 0 Å². The average molecular weight is 473 g/mol. The van der Waals surface area contributed by atoms with Gasteiger partial charge in [-0.25, -0.2) is 17.9 Å². The smallest absolute Gasteiger partial charge is 0.307 e. The van der Waals surface area contributed by atoms with E-state index in [4.69, 9.17) is 0 Å². The zero-order chi connectivity index (χ0) is 22.7. The summed E-state index contributed by atoms with van der Waals surface area (Å²) >= 11 is 0. The number of likely N-dealkylation sites (N-methyl/N-ethyl adjacent to an activating group) is 1. The Morgan fingerprint density at radius 2 is 1.52 bits per heavy atom. The Hall–Kier alpha value is -1.64. The standard InChI is InChI=1S/C25H36N4O3S/c1-28-14-20(15-28)29-18-7-4-8-19(29)13-21(12-18)33(31,32)27-25(30)26-24-22-9-2-5-16(22)11-17-6-3-10-23(17)24/h11,18-21H,2-10,12-15H2,1H3,(H2,26,27,30)/t18-,19+,21+. The molecule has 0 aromatic heterocycles. The Kier molecular flexibility index (Phi) is 5.46. The lowest BCUT2D eigenvalue weighted by molar-refractivity contribution is -0.0515. The fourth-order valence-electron chi connectivity index (χ4n) is 7.39. The molecule has 180 valence electrons. The molecule has 3 heterocycles. The van der Waals surface area contributed by atoms with Gasteiger partial charge in [0.25, 0.3) is 0 Å². The Bertz CT molecular complexity index is 1020. The second kappa shape index (κ2) is 8.24. The molecule has 2 N–H and O–H groups in total. The topological polar surface area (TPSA) is 81.8 Å². The van der Waals surface area contributed by atoms with Crippen molar-refractivity contribution >= 4 is 21.7 Å². The first-order valence-corrected chi connectivity index (χ1v) is 14.4. The maximum atomic E-state index is 13.3. The van der Waals surface area contributed by atoms with Crippen LogP contribution in [0, 0.1) is 0 Å². The second-order valence-electron chi connectivity index (χ2n) is 11.0. The molecule has 0 radical (unpaired) electrons. The fourth-order valence-corrected chi connectivity index (χ4v) is 8.82. The molecule has 3 saturated heterocycles. The Balaban J connectivity index is 1.16. The first kappa shape index (κ1) is 21.9. The van der Waals surface area contributed by atoms with Crippen molar-refractivity contribution in [2.45, 2.75) is 94.0 Å². The number of likely N-dealkylation sites (tertiary alicyclic amines) is 1. The lowest BCUT2D eigenvalue weighted by atomic mass is 9.82. The van der Waals surface area contributed by atoms with Gasteiger partial charge in [-0.05, 0) is 93.5 Å². The van der Waals surface area contributed by atoms with Gasteiger partial charge in [-0.2, -0.15) is 0 Å². The highest BCUT2D eigenvalue weighted by Crippen LogP contribution is 2.40. The van der Waals surface area contributed by atoms with Crippen molar-refractivity contribution in [2.75, 3.05) is 25.5 Å². The molecule has 0 saturated carbocycles. The van der Waals surface area contributed by atoms with Crippen LogP contribution in [0.2, 0.25) is 0 Å². The maximum Gasteiger partial charge on any atom is 0.332 e. The number of sulfonamides is 1. The third-order valence-electron chi connectivity index (χ3n) is 8.84. The van der Waals surface area contributed by atoms with E-state index in [1.54, 1.807) is 0 Å². The van der Waals surface area contributed by atoms with Gasteiger partial charge in [0.15, 0.2) is 0 Å². The van der Waals surface area contributed by atoms with E-state index in [9.17, 15) is 13.2 Å². The molecule has 3 fully saturated rings. The number of piperidine rings is 2. The molecule has 5 aliphatic rings. The van der Waals surface area contributed by atoms with E-state index in [2.05, 4.69) is 33.0 Å². The summed E-state index contributed by atoms with van der Waals surface area (Å²) in [7, 11) is -1.58. The zero-order valence-electron chi connectivity index (χ0n) is 19.6. The maximum absolute atomic E-state index is 13.3. The number of rotatable bonds is 4. The van der Waals surface area contributed by atoms with Gasteiger partial charge in [0, 0.05) is 36.9 Å². The van der Waals surface area contributed by atoms with Crippen molar-refractivity contribution in [3.8, 4) is 0 Å². The molecule has 33 heavy (non-hydrogen) atoms. The van der Waals surface area contributed by atoms with Crippen LogP contribution in [0.4, 0.5) is 10.5 Å². The lowest BCUT2D eigenvalue weighted by Crippen LogP contribution is -2.67. The summed E-state index contributed by atoms with van der Waals surface area (Å²) < 4.78 is 29.0. The van der Waals surface area contributed by atoms with Crippen LogP contribution in [0.3, 0.4) is 0 Å². The molecule has 0 unspecified atom stereocenters. The molecule has 1 aromatic carbocycles. The number of urea groups is 1. The summed E-state index contributed by atoms with van der Waals surface area (Å²) in [5.41, 5.74) is 5.99. The van der Waals surface area contributed by atoms with Gasteiger partial charge < -0.3 is 10.2 Å². The molecule has 3 aliphatic heterocycles. The molecule has 3 atom stereocenters. The van der Waals surface area contributed by atoms with Gasteiger partial charge in [-0.15, -0.1) is 0 Å². The van der Waals surface area contributed by atoms with Crippen LogP contribution in [0.15, 0.2) is 6.07 Å².